The number of aromatic nitrogens is 3. The number of H-pyrrole nitrogens is 1. The van der Waals surface area contributed by atoms with Crippen molar-refractivity contribution in [2.75, 3.05) is 25.4 Å². The fraction of sp³-hybridized carbons (Fsp3) is 0.500. The van der Waals surface area contributed by atoms with E-state index in [0.717, 1.165) is 24.4 Å². The van der Waals surface area contributed by atoms with Crippen LogP contribution in [-0.4, -0.2) is 57.3 Å². The van der Waals surface area contributed by atoms with E-state index >= 15 is 0 Å². The number of likely N-dealkylation sites (tertiary alicyclic amines) is 1. The van der Waals surface area contributed by atoms with E-state index in [2.05, 4.69) is 32.6 Å². The molecule has 1 aromatic heterocycles. The number of thioether (sulfide) groups is 1. The highest BCUT2D eigenvalue weighted by Crippen LogP contribution is 2.19. The first kappa shape index (κ1) is 20.4. The van der Waals surface area contributed by atoms with Gasteiger partial charge in [0.25, 0.3) is 0 Å². The van der Waals surface area contributed by atoms with Crippen molar-refractivity contribution < 1.29 is 9.59 Å². The number of piperidine rings is 1. The van der Waals surface area contributed by atoms with Gasteiger partial charge in [0.15, 0.2) is 0 Å². The molecule has 2 amide bonds. The van der Waals surface area contributed by atoms with Gasteiger partial charge >= 0.3 is 0 Å². The van der Waals surface area contributed by atoms with E-state index in [-0.39, 0.29) is 17.7 Å². The van der Waals surface area contributed by atoms with Crippen molar-refractivity contribution in [1.29, 1.82) is 0 Å². The topological polar surface area (TPSA) is 91.0 Å². The van der Waals surface area contributed by atoms with Crippen molar-refractivity contribution in [1.82, 2.24) is 25.4 Å². The third kappa shape index (κ3) is 6.09. The number of rotatable bonds is 9. The van der Waals surface area contributed by atoms with Crippen LogP contribution in [0.5, 0.6) is 0 Å². The number of hydrogen-bond acceptors (Lipinski definition) is 5. The maximum atomic E-state index is 12.5. The van der Waals surface area contributed by atoms with Crippen LogP contribution in [0.1, 0.15) is 30.7 Å². The normalized spacial score (nSPS) is 17.0. The minimum absolute atomic E-state index is 0.0346. The molecular formula is C20H27N5O2S. The van der Waals surface area contributed by atoms with E-state index in [1.807, 2.05) is 30.0 Å². The summed E-state index contributed by atoms with van der Waals surface area (Å²) in [5.41, 5.74) is 1.28. The Bertz CT molecular complexity index is 780. The summed E-state index contributed by atoms with van der Waals surface area (Å²) in [5, 5.41) is 10.5. The van der Waals surface area contributed by atoms with Gasteiger partial charge in [0, 0.05) is 31.8 Å². The van der Waals surface area contributed by atoms with Gasteiger partial charge in [0.2, 0.25) is 17.0 Å². The molecule has 3 rings (SSSR count). The quantitative estimate of drug-likeness (QED) is 0.496. The molecular weight excluding hydrogens is 374 g/mol. The van der Waals surface area contributed by atoms with Gasteiger partial charge in [-0.05, 0) is 31.7 Å². The van der Waals surface area contributed by atoms with Crippen molar-refractivity contribution in [2.45, 2.75) is 37.8 Å². The number of nitrogens with one attached hydrogen (secondary N) is 2. The van der Waals surface area contributed by atoms with Crippen LogP contribution in [0.15, 0.2) is 35.5 Å². The zero-order valence-electron chi connectivity index (χ0n) is 16.2. The first-order chi connectivity index (χ1) is 13.6. The largest absolute Gasteiger partial charge is 0.355 e. The van der Waals surface area contributed by atoms with E-state index in [4.69, 9.17) is 0 Å². The molecule has 0 radical (unpaired) electrons. The Labute approximate surface area is 169 Å². The second kappa shape index (κ2) is 10.3. The van der Waals surface area contributed by atoms with Crippen molar-refractivity contribution in [3.8, 4) is 0 Å². The lowest BCUT2D eigenvalue weighted by Gasteiger charge is -2.32. The van der Waals surface area contributed by atoms with Gasteiger partial charge in [-0.2, -0.15) is 0 Å². The summed E-state index contributed by atoms with van der Waals surface area (Å²) in [6, 6.07) is 10.3. The summed E-state index contributed by atoms with van der Waals surface area (Å²) in [6.07, 6.45) is 2.94. The van der Waals surface area contributed by atoms with Gasteiger partial charge in [0.05, 0.1) is 5.92 Å². The average Bonchev–Trinajstić information content (AvgIpc) is 3.12. The molecule has 1 aromatic carbocycles. The smallest absolute Gasteiger partial charge is 0.224 e. The molecule has 1 aliphatic heterocycles. The summed E-state index contributed by atoms with van der Waals surface area (Å²) in [6.45, 7) is 3.65. The molecule has 2 heterocycles. The maximum absolute atomic E-state index is 12.5. The highest BCUT2D eigenvalue weighted by molar-refractivity contribution is 7.99. The van der Waals surface area contributed by atoms with E-state index in [1.54, 1.807) is 0 Å². The standard InChI is InChI=1S/C20H27N5O2S/c1-15-22-20(24-23-15)28-13-11-21-19(27)17-9-10-18(26)25(14-17)12-5-8-16-6-3-2-4-7-16/h2-4,6-7,17H,5,8-14H2,1H3,(H,21,27)(H,22,23,24). The third-order valence-corrected chi connectivity index (χ3v) is 5.67. The molecule has 1 unspecified atom stereocenters. The summed E-state index contributed by atoms with van der Waals surface area (Å²) in [7, 11) is 0. The Morgan fingerprint density at radius 3 is 2.93 bits per heavy atom. The molecule has 7 nitrogen and oxygen atoms in total. The summed E-state index contributed by atoms with van der Waals surface area (Å²) >= 11 is 1.51. The van der Waals surface area contributed by atoms with Crippen LogP contribution in [-0.2, 0) is 16.0 Å². The van der Waals surface area contributed by atoms with Crippen LogP contribution in [0.3, 0.4) is 0 Å². The fourth-order valence-electron chi connectivity index (χ4n) is 3.31. The number of aromatic amines is 1. The van der Waals surface area contributed by atoms with Crippen molar-refractivity contribution in [3.63, 3.8) is 0 Å². The average molecular weight is 402 g/mol. The molecule has 2 aromatic rings. The monoisotopic (exact) mass is 401 g/mol. The molecule has 1 atom stereocenters. The second-order valence-corrected chi connectivity index (χ2v) is 8.07. The van der Waals surface area contributed by atoms with Gasteiger partial charge in [-0.3, -0.25) is 14.7 Å². The van der Waals surface area contributed by atoms with Crippen LogP contribution in [0.25, 0.3) is 0 Å². The molecule has 28 heavy (non-hydrogen) atoms. The molecule has 1 fully saturated rings. The van der Waals surface area contributed by atoms with E-state index in [0.29, 0.717) is 37.6 Å². The lowest BCUT2D eigenvalue weighted by Crippen LogP contribution is -2.46. The zero-order chi connectivity index (χ0) is 19.8. The van der Waals surface area contributed by atoms with Crippen molar-refractivity contribution in [3.05, 3.63) is 41.7 Å². The first-order valence-electron chi connectivity index (χ1n) is 9.73. The maximum Gasteiger partial charge on any atom is 0.224 e. The minimum Gasteiger partial charge on any atom is -0.355 e. The fourth-order valence-corrected chi connectivity index (χ4v) is 4.01. The number of carbonyl (C=O) groups excluding carboxylic acids is 2. The van der Waals surface area contributed by atoms with E-state index < -0.39 is 0 Å². The Morgan fingerprint density at radius 2 is 2.18 bits per heavy atom. The highest BCUT2D eigenvalue weighted by Gasteiger charge is 2.29. The van der Waals surface area contributed by atoms with Gasteiger partial charge < -0.3 is 10.2 Å². The molecule has 150 valence electrons. The molecule has 1 saturated heterocycles. The molecule has 2 N–H and O–H groups in total. The van der Waals surface area contributed by atoms with Crippen molar-refractivity contribution >= 4 is 23.6 Å². The predicted octanol–water partition coefficient (Wildman–Crippen LogP) is 2.19. The summed E-state index contributed by atoms with van der Waals surface area (Å²) in [5.74, 6) is 1.58. The minimum atomic E-state index is -0.120. The predicted molar refractivity (Wildman–Crippen MR) is 109 cm³/mol. The lowest BCUT2D eigenvalue weighted by molar-refractivity contribution is -0.138. The lowest BCUT2D eigenvalue weighted by atomic mass is 9.96. The Balaban J connectivity index is 1.37. The van der Waals surface area contributed by atoms with Crippen LogP contribution in [0.4, 0.5) is 0 Å². The highest BCUT2D eigenvalue weighted by atomic mass is 32.2. The summed E-state index contributed by atoms with van der Waals surface area (Å²) < 4.78 is 0. The van der Waals surface area contributed by atoms with Crippen LogP contribution >= 0.6 is 11.8 Å². The molecule has 0 spiro atoms. The zero-order valence-corrected chi connectivity index (χ0v) is 17.0. The second-order valence-electron chi connectivity index (χ2n) is 7.01. The molecule has 0 aliphatic carbocycles. The van der Waals surface area contributed by atoms with Gasteiger partial charge in [0.1, 0.15) is 5.82 Å². The van der Waals surface area contributed by atoms with Crippen LogP contribution < -0.4 is 5.32 Å². The Morgan fingerprint density at radius 1 is 1.36 bits per heavy atom. The molecule has 0 saturated carbocycles. The third-order valence-electron chi connectivity index (χ3n) is 4.82. The van der Waals surface area contributed by atoms with Crippen LogP contribution in [0, 0.1) is 12.8 Å². The van der Waals surface area contributed by atoms with Gasteiger partial charge in [-0.1, -0.05) is 42.1 Å². The SMILES string of the molecule is Cc1nc(SCCNC(=O)C2CCC(=O)N(CCCc3ccccc3)C2)n[nH]1. The number of benzene rings is 1. The number of carbonyl (C=O) groups is 2. The number of amides is 2. The number of aryl methyl sites for hydroxylation is 2. The molecule has 0 bridgehead atoms. The van der Waals surface area contributed by atoms with Crippen LogP contribution in [0.2, 0.25) is 0 Å². The van der Waals surface area contributed by atoms with Gasteiger partial charge in [-0.25, -0.2) is 4.98 Å². The van der Waals surface area contributed by atoms with E-state index in [1.165, 1.54) is 17.3 Å². The Kier molecular flexibility index (Phi) is 7.47. The number of nitrogens with zero attached hydrogens (tertiary/aromatic N) is 3. The Hall–Kier alpha value is -2.35. The summed E-state index contributed by atoms with van der Waals surface area (Å²) in [4.78, 5) is 30.7. The number of hydrogen-bond donors (Lipinski definition) is 2. The van der Waals surface area contributed by atoms with E-state index in [9.17, 15) is 9.59 Å². The molecule has 1 aliphatic rings. The first-order valence-corrected chi connectivity index (χ1v) is 10.7. The van der Waals surface area contributed by atoms with Crippen molar-refractivity contribution in [2.24, 2.45) is 5.92 Å². The van der Waals surface area contributed by atoms with Gasteiger partial charge in [-0.15, -0.1) is 5.10 Å². The molecule has 8 heteroatoms.